The molecule has 2 N–H and O–H groups in total. The highest BCUT2D eigenvalue weighted by molar-refractivity contribution is 8.06. The Morgan fingerprint density at radius 2 is 2.40 bits per heavy atom. The minimum absolute atomic E-state index is 0.217. The zero-order valence-electron chi connectivity index (χ0n) is 8.23. The first-order valence-electron chi connectivity index (χ1n) is 4.83. The van der Waals surface area contributed by atoms with E-state index in [0.717, 1.165) is 11.5 Å². The van der Waals surface area contributed by atoms with Gasteiger partial charge in [-0.3, -0.25) is 4.98 Å². The molecule has 82 valence electrons. The Bertz CT molecular complexity index is 329. The molecular formula is C10H13FN2S2. The fraction of sp³-hybridized carbons (Fsp3) is 0.500. The maximum atomic E-state index is 13.4. The van der Waals surface area contributed by atoms with Crippen molar-refractivity contribution < 1.29 is 4.39 Å². The highest BCUT2D eigenvalue weighted by Gasteiger charge is 2.24. The smallest absolute Gasteiger partial charge is 0.146 e. The summed E-state index contributed by atoms with van der Waals surface area (Å²) >= 11 is 3.73. The van der Waals surface area contributed by atoms with Crippen LogP contribution in [0.2, 0.25) is 0 Å². The summed E-state index contributed by atoms with van der Waals surface area (Å²) in [6.45, 7) is 0. The van der Waals surface area contributed by atoms with Crippen molar-refractivity contribution in [1.29, 1.82) is 0 Å². The molecule has 2 heterocycles. The summed E-state index contributed by atoms with van der Waals surface area (Å²) < 4.78 is 13.4. The van der Waals surface area contributed by atoms with Gasteiger partial charge >= 0.3 is 0 Å². The first-order chi connectivity index (χ1) is 7.29. The average molecular weight is 244 g/mol. The van der Waals surface area contributed by atoms with Crippen LogP contribution >= 0.6 is 23.5 Å². The molecule has 5 heteroatoms. The van der Waals surface area contributed by atoms with Crippen LogP contribution in [-0.2, 0) is 0 Å². The molecule has 1 fully saturated rings. The van der Waals surface area contributed by atoms with Gasteiger partial charge in [0, 0.05) is 40.3 Å². The van der Waals surface area contributed by atoms with Crippen LogP contribution in [0.4, 0.5) is 4.39 Å². The molecule has 0 radical (unpaired) electrons. The summed E-state index contributed by atoms with van der Waals surface area (Å²) in [5.74, 6) is 3.00. The van der Waals surface area contributed by atoms with Crippen molar-refractivity contribution in [3.05, 3.63) is 29.8 Å². The molecule has 1 aliphatic heterocycles. The zero-order valence-corrected chi connectivity index (χ0v) is 9.86. The third kappa shape index (κ3) is 2.65. The van der Waals surface area contributed by atoms with Crippen LogP contribution in [-0.4, -0.2) is 27.5 Å². The van der Waals surface area contributed by atoms with Crippen LogP contribution in [0.3, 0.4) is 0 Å². The van der Waals surface area contributed by atoms with E-state index in [1.807, 2.05) is 23.5 Å². The molecule has 0 spiro atoms. The van der Waals surface area contributed by atoms with Gasteiger partial charge in [0.05, 0.1) is 6.20 Å². The molecule has 1 aliphatic rings. The predicted molar refractivity (Wildman–Crippen MR) is 64.7 cm³/mol. The van der Waals surface area contributed by atoms with Crippen LogP contribution in [0.25, 0.3) is 0 Å². The maximum absolute atomic E-state index is 13.4. The molecule has 2 atom stereocenters. The van der Waals surface area contributed by atoms with E-state index in [-0.39, 0.29) is 11.9 Å². The number of thioether (sulfide) groups is 2. The van der Waals surface area contributed by atoms with Crippen LogP contribution in [0.15, 0.2) is 18.5 Å². The summed E-state index contributed by atoms with van der Waals surface area (Å²) in [5, 5.41) is 0.320. The standard InChI is InChI=1S/C10H13FN2S2/c11-8-5-13-2-1-7(8)10(12)9-6-14-3-4-15-9/h1-2,5,9-10H,3-4,6,12H2. The van der Waals surface area contributed by atoms with Crippen LogP contribution < -0.4 is 5.73 Å². The first-order valence-corrected chi connectivity index (χ1v) is 7.03. The highest BCUT2D eigenvalue weighted by Crippen LogP contribution is 2.32. The van der Waals surface area contributed by atoms with Gasteiger partial charge in [0.2, 0.25) is 0 Å². The van der Waals surface area contributed by atoms with Crippen molar-refractivity contribution >= 4 is 23.5 Å². The van der Waals surface area contributed by atoms with E-state index in [9.17, 15) is 4.39 Å². The Kier molecular flexibility index (Phi) is 3.88. The van der Waals surface area contributed by atoms with Crippen molar-refractivity contribution in [3.8, 4) is 0 Å². The van der Waals surface area contributed by atoms with E-state index in [2.05, 4.69) is 4.98 Å². The first kappa shape index (κ1) is 11.2. The summed E-state index contributed by atoms with van der Waals surface area (Å²) in [7, 11) is 0. The Morgan fingerprint density at radius 3 is 3.07 bits per heavy atom. The van der Waals surface area contributed by atoms with Gasteiger partial charge in [-0.25, -0.2) is 4.39 Å². The quantitative estimate of drug-likeness (QED) is 0.864. The van der Waals surface area contributed by atoms with Crippen molar-refractivity contribution in [2.45, 2.75) is 11.3 Å². The van der Waals surface area contributed by atoms with Crippen LogP contribution in [0.5, 0.6) is 0 Å². The Labute approximate surface area is 97.2 Å². The topological polar surface area (TPSA) is 38.9 Å². The number of halogens is 1. The third-order valence-electron chi connectivity index (χ3n) is 2.41. The molecule has 2 rings (SSSR count). The summed E-state index contributed by atoms with van der Waals surface area (Å²) in [5.41, 5.74) is 6.66. The lowest BCUT2D eigenvalue weighted by atomic mass is 10.1. The number of nitrogens with zero attached hydrogens (tertiary/aromatic N) is 1. The minimum Gasteiger partial charge on any atom is -0.323 e. The van der Waals surface area contributed by atoms with Crippen molar-refractivity contribution in [3.63, 3.8) is 0 Å². The van der Waals surface area contributed by atoms with Gasteiger partial charge in [-0.05, 0) is 6.07 Å². The highest BCUT2D eigenvalue weighted by atomic mass is 32.2. The van der Waals surface area contributed by atoms with Gasteiger partial charge < -0.3 is 5.73 Å². The molecule has 1 saturated heterocycles. The van der Waals surface area contributed by atoms with Crippen LogP contribution in [0, 0.1) is 5.82 Å². The molecule has 15 heavy (non-hydrogen) atoms. The molecule has 0 bridgehead atoms. The lowest BCUT2D eigenvalue weighted by Gasteiger charge is -2.27. The number of aromatic nitrogens is 1. The van der Waals surface area contributed by atoms with Crippen molar-refractivity contribution in [2.75, 3.05) is 17.3 Å². The maximum Gasteiger partial charge on any atom is 0.146 e. The number of rotatable bonds is 2. The number of pyridine rings is 1. The fourth-order valence-electron chi connectivity index (χ4n) is 1.57. The van der Waals surface area contributed by atoms with Gasteiger partial charge in [0.25, 0.3) is 0 Å². The number of hydrogen-bond acceptors (Lipinski definition) is 4. The molecule has 0 aromatic carbocycles. The van der Waals surface area contributed by atoms with Gasteiger partial charge in [0.15, 0.2) is 0 Å². The van der Waals surface area contributed by atoms with Gasteiger partial charge in [-0.1, -0.05) is 0 Å². The molecule has 0 saturated carbocycles. The molecule has 1 aromatic heterocycles. The minimum atomic E-state index is -0.291. The van der Waals surface area contributed by atoms with E-state index in [1.54, 1.807) is 12.3 Å². The van der Waals surface area contributed by atoms with Crippen molar-refractivity contribution in [1.82, 2.24) is 4.98 Å². The Hall–Kier alpha value is -0.260. The van der Waals surface area contributed by atoms with E-state index in [0.29, 0.717) is 10.8 Å². The van der Waals surface area contributed by atoms with E-state index < -0.39 is 0 Å². The molecule has 1 aromatic rings. The lowest BCUT2D eigenvalue weighted by Crippen LogP contribution is -2.29. The molecule has 2 nitrogen and oxygen atoms in total. The van der Waals surface area contributed by atoms with Gasteiger partial charge in [-0.15, -0.1) is 0 Å². The fourth-order valence-corrected chi connectivity index (χ4v) is 4.36. The predicted octanol–water partition coefficient (Wildman–Crippen LogP) is 2.07. The second-order valence-corrected chi connectivity index (χ2v) is 5.90. The average Bonchev–Trinajstić information content (AvgIpc) is 2.30. The van der Waals surface area contributed by atoms with E-state index in [4.69, 9.17) is 5.73 Å². The monoisotopic (exact) mass is 244 g/mol. The summed E-state index contributed by atoms with van der Waals surface area (Å²) in [6.07, 6.45) is 2.83. The summed E-state index contributed by atoms with van der Waals surface area (Å²) in [4.78, 5) is 3.73. The molecule has 0 amide bonds. The molecule has 2 unspecified atom stereocenters. The SMILES string of the molecule is NC(c1ccncc1F)C1CSCCS1. The lowest BCUT2D eigenvalue weighted by molar-refractivity contribution is 0.574. The van der Waals surface area contributed by atoms with Gasteiger partial charge in [-0.2, -0.15) is 23.5 Å². The third-order valence-corrected chi connectivity index (χ3v) is 5.29. The van der Waals surface area contributed by atoms with Crippen molar-refractivity contribution in [2.24, 2.45) is 5.73 Å². The van der Waals surface area contributed by atoms with Crippen LogP contribution in [0.1, 0.15) is 11.6 Å². The zero-order chi connectivity index (χ0) is 10.7. The van der Waals surface area contributed by atoms with Gasteiger partial charge in [0.1, 0.15) is 5.82 Å². The largest absolute Gasteiger partial charge is 0.323 e. The van der Waals surface area contributed by atoms with E-state index in [1.165, 1.54) is 11.9 Å². The second-order valence-electron chi connectivity index (χ2n) is 3.41. The number of hydrogen-bond donors (Lipinski definition) is 1. The van der Waals surface area contributed by atoms with E-state index >= 15 is 0 Å². The summed E-state index contributed by atoms with van der Waals surface area (Å²) in [6, 6.07) is 1.46. The number of nitrogens with two attached hydrogens (primary N) is 1. The Balaban J connectivity index is 2.12. The molecular weight excluding hydrogens is 231 g/mol. The normalized spacial score (nSPS) is 23.7. The Morgan fingerprint density at radius 1 is 1.53 bits per heavy atom. The molecule has 0 aliphatic carbocycles. The second kappa shape index (κ2) is 5.18.